The number of hydrogen-bond acceptors (Lipinski definition) is 3. The predicted octanol–water partition coefficient (Wildman–Crippen LogP) is 1.61. The van der Waals surface area contributed by atoms with Crippen LogP contribution in [-0.4, -0.2) is 18.6 Å². The first-order valence-corrected chi connectivity index (χ1v) is 7.99. The van der Waals surface area contributed by atoms with Gasteiger partial charge in [-0.1, -0.05) is 18.2 Å². The Morgan fingerprint density at radius 3 is 3.05 bits per heavy atom. The van der Waals surface area contributed by atoms with Crippen molar-refractivity contribution in [3.8, 4) is 5.75 Å². The quantitative estimate of drug-likeness (QED) is 0.887. The molecule has 3 N–H and O–H groups in total. The van der Waals surface area contributed by atoms with Crippen LogP contribution in [0, 0.1) is 17.8 Å². The van der Waals surface area contributed by atoms with E-state index in [9.17, 15) is 4.79 Å². The lowest BCUT2D eigenvalue weighted by Crippen LogP contribution is -2.44. The van der Waals surface area contributed by atoms with E-state index in [4.69, 9.17) is 10.5 Å². The highest BCUT2D eigenvalue weighted by Crippen LogP contribution is 2.48. The van der Waals surface area contributed by atoms with Crippen molar-refractivity contribution in [2.75, 3.05) is 6.61 Å². The summed E-state index contributed by atoms with van der Waals surface area (Å²) in [5, 5.41) is 3.09. The van der Waals surface area contributed by atoms with Gasteiger partial charge in [-0.25, -0.2) is 0 Å². The predicted molar refractivity (Wildman–Crippen MR) is 79.8 cm³/mol. The molecule has 4 atom stereocenters. The maximum Gasteiger partial charge on any atom is 0.223 e. The van der Waals surface area contributed by atoms with Crippen molar-refractivity contribution < 1.29 is 9.53 Å². The summed E-state index contributed by atoms with van der Waals surface area (Å²) in [7, 11) is 0. The van der Waals surface area contributed by atoms with Gasteiger partial charge in [0.25, 0.3) is 0 Å². The smallest absolute Gasteiger partial charge is 0.223 e. The van der Waals surface area contributed by atoms with Crippen LogP contribution < -0.4 is 15.8 Å². The molecule has 0 bridgehead atoms. The summed E-state index contributed by atoms with van der Waals surface area (Å²) in [6, 6.07) is 6.52. The standard InChI is InChI=1S/C17H22N2O2/c18-15-8-12-6-13(7-14(12)15)17(20)19-9-11-3-1-2-10-4-5-21-16(10)11/h1-3,12-15H,4-9,18H2,(H,19,20). The average molecular weight is 286 g/mol. The highest BCUT2D eigenvalue weighted by Gasteiger charge is 2.47. The Balaban J connectivity index is 1.37. The minimum absolute atomic E-state index is 0.159. The Morgan fingerprint density at radius 2 is 2.24 bits per heavy atom. The van der Waals surface area contributed by atoms with Gasteiger partial charge in [0.1, 0.15) is 5.75 Å². The molecule has 4 unspecified atom stereocenters. The monoisotopic (exact) mass is 286 g/mol. The molecule has 0 aromatic heterocycles. The van der Waals surface area contributed by atoms with Crippen LogP contribution in [0.5, 0.6) is 5.75 Å². The number of rotatable bonds is 3. The van der Waals surface area contributed by atoms with Crippen molar-refractivity contribution in [1.82, 2.24) is 5.32 Å². The minimum Gasteiger partial charge on any atom is -0.493 e. The number of nitrogens with two attached hydrogens (primary N) is 1. The van der Waals surface area contributed by atoms with Gasteiger partial charge in [-0.3, -0.25) is 4.79 Å². The third kappa shape index (κ3) is 2.22. The first-order chi connectivity index (χ1) is 10.2. The zero-order valence-corrected chi connectivity index (χ0v) is 12.2. The van der Waals surface area contributed by atoms with E-state index in [-0.39, 0.29) is 11.8 Å². The van der Waals surface area contributed by atoms with Crippen LogP contribution in [0.3, 0.4) is 0 Å². The molecule has 1 heterocycles. The van der Waals surface area contributed by atoms with Gasteiger partial charge in [0.05, 0.1) is 6.61 Å². The number of ether oxygens (including phenoxy) is 1. The van der Waals surface area contributed by atoms with E-state index in [1.54, 1.807) is 0 Å². The molecule has 0 radical (unpaired) electrons. The molecular weight excluding hydrogens is 264 g/mol. The fraction of sp³-hybridized carbons (Fsp3) is 0.588. The first-order valence-electron chi connectivity index (χ1n) is 7.99. The van der Waals surface area contributed by atoms with Gasteiger partial charge >= 0.3 is 0 Å². The number of carbonyl (C=O) groups excluding carboxylic acids is 1. The Hall–Kier alpha value is -1.55. The Kier molecular flexibility index (Phi) is 3.14. The van der Waals surface area contributed by atoms with Crippen LogP contribution in [0.1, 0.15) is 30.4 Å². The topological polar surface area (TPSA) is 64.4 Å². The lowest BCUT2D eigenvalue weighted by atomic mass is 9.72. The molecule has 2 saturated carbocycles. The molecule has 0 saturated heterocycles. The maximum atomic E-state index is 12.4. The number of fused-ring (bicyclic) bond motifs is 2. The molecule has 0 spiro atoms. The van der Waals surface area contributed by atoms with E-state index in [2.05, 4.69) is 11.4 Å². The van der Waals surface area contributed by atoms with Gasteiger partial charge in [0.2, 0.25) is 5.91 Å². The average Bonchev–Trinajstić information content (AvgIpc) is 3.08. The van der Waals surface area contributed by atoms with Gasteiger partial charge in [-0.15, -0.1) is 0 Å². The maximum absolute atomic E-state index is 12.4. The fourth-order valence-corrected chi connectivity index (χ4v) is 4.24. The molecule has 1 aliphatic heterocycles. The summed E-state index contributed by atoms with van der Waals surface area (Å²) in [6.45, 7) is 1.32. The molecular formula is C17H22N2O2. The third-order valence-electron chi connectivity index (χ3n) is 5.49. The van der Waals surface area contributed by atoms with Crippen LogP contribution in [0.4, 0.5) is 0 Å². The number of hydrogen-bond donors (Lipinski definition) is 2. The highest BCUT2D eigenvalue weighted by molar-refractivity contribution is 5.79. The van der Waals surface area contributed by atoms with E-state index in [0.29, 0.717) is 24.4 Å². The molecule has 1 aromatic rings. The Labute approximate surface area is 125 Å². The minimum atomic E-state index is 0.159. The molecule has 2 aliphatic carbocycles. The lowest BCUT2D eigenvalue weighted by Gasteiger charge is -2.37. The summed E-state index contributed by atoms with van der Waals surface area (Å²) < 4.78 is 5.68. The van der Waals surface area contributed by atoms with Crippen molar-refractivity contribution in [3.05, 3.63) is 29.3 Å². The number of benzene rings is 1. The van der Waals surface area contributed by atoms with Crippen LogP contribution in [0.2, 0.25) is 0 Å². The molecule has 4 nitrogen and oxygen atoms in total. The molecule has 3 aliphatic rings. The number of nitrogens with one attached hydrogen (secondary N) is 1. The van der Waals surface area contributed by atoms with Gasteiger partial charge in [-0.05, 0) is 36.7 Å². The van der Waals surface area contributed by atoms with Crippen molar-refractivity contribution in [2.45, 2.75) is 38.3 Å². The fourth-order valence-electron chi connectivity index (χ4n) is 4.24. The molecule has 112 valence electrons. The van der Waals surface area contributed by atoms with Crippen LogP contribution in [0.15, 0.2) is 18.2 Å². The SMILES string of the molecule is NC1CC2CC(C(=O)NCc3cccc4c3OCC4)CC12. The van der Waals surface area contributed by atoms with Crippen molar-refractivity contribution >= 4 is 5.91 Å². The Bertz CT molecular complexity index is 572. The number of carbonyl (C=O) groups is 1. The molecule has 1 amide bonds. The van der Waals surface area contributed by atoms with E-state index < -0.39 is 0 Å². The van der Waals surface area contributed by atoms with Crippen LogP contribution in [-0.2, 0) is 17.8 Å². The van der Waals surface area contributed by atoms with Gasteiger partial charge in [-0.2, -0.15) is 0 Å². The van der Waals surface area contributed by atoms with Crippen LogP contribution >= 0.6 is 0 Å². The summed E-state index contributed by atoms with van der Waals surface area (Å²) >= 11 is 0. The number of amides is 1. The van der Waals surface area contributed by atoms with Crippen molar-refractivity contribution in [2.24, 2.45) is 23.5 Å². The number of para-hydroxylation sites is 1. The summed E-state index contributed by atoms with van der Waals surface area (Å²) in [6.07, 6.45) is 4.07. The Morgan fingerprint density at radius 1 is 1.33 bits per heavy atom. The van der Waals surface area contributed by atoms with Crippen molar-refractivity contribution in [3.63, 3.8) is 0 Å². The van der Waals surface area contributed by atoms with E-state index in [1.807, 2.05) is 12.1 Å². The van der Waals surface area contributed by atoms with Gasteiger partial charge < -0.3 is 15.8 Å². The molecule has 1 aromatic carbocycles. The lowest BCUT2D eigenvalue weighted by molar-refractivity contribution is -0.125. The second kappa shape index (κ2) is 5.02. The zero-order chi connectivity index (χ0) is 14.4. The van der Waals surface area contributed by atoms with E-state index in [0.717, 1.165) is 43.6 Å². The second-order valence-corrected chi connectivity index (χ2v) is 6.71. The largest absolute Gasteiger partial charge is 0.493 e. The second-order valence-electron chi connectivity index (χ2n) is 6.71. The van der Waals surface area contributed by atoms with Crippen molar-refractivity contribution in [1.29, 1.82) is 0 Å². The molecule has 4 heteroatoms. The highest BCUT2D eigenvalue weighted by atomic mass is 16.5. The summed E-state index contributed by atoms with van der Waals surface area (Å²) in [5.74, 6) is 2.61. The molecule has 4 rings (SSSR count). The third-order valence-corrected chi connectivity index (χ3v) is 5.49. The molecule has 21 heavy (non-hydrogen) atoms. The van der Waals surface area contributed by atoms with E-state index >= 15 is 0 Å². The normalized spacial score (nSPS) is 32.8. The summed E-state index contributed by atoms with van der Waals surface area (Å²) in [4.78, 5) is 12.4. The van der Waals surface area contributed by atoms with E-state index in [1.165, 1.54) is 5.56 Å². The van der Waals surface area contributed by atoms with Crippen LogP contribution in [0.25, 0.3) is 0 Å². The first kappa shape index (κ1) is 13.1. The molecule has 2 fully saturated rings. The van der Waals surface area contributed by atoms with Gasteiger partial charge in [0.15, 0.2) is 0 Å². The van der Waals surface area contributed by atoms with Gasteiger partial charge in [0, 0.05) is 30.5 Å². The zero-order valence-electron chi connectivity index (χ0n) is 12.2. The summed E-state index contributed by atoms with van der Waals surface area (Å²) in [5.41, 5.74) is 8.35.